The standard InChI is InChI=1S/C10H20N2O/c1-8-3-9-4-12(2)7-10(9,6-11)13-5-8/h8-9H,3-7,11H2,1-2H3. The first-order valence-electron chi connectivity index (χ1n) is 5.19. The highest BCUT2D eigenvalue weighted by Gasteiger charge is 2.48. The predicted molar refractivity (Wildman–Crippen MR) is 52.5 cm³/mol. The van der Waals surface area contributed by atoms with Crippen LogP contribution in [0.5, 0.6) is 0 Å². The van der Waals surface area contributed by atoms with Crippen LogP contribution in [-0.4, -0.2) is 43.8 Å². The molecule has 13 heavy (non-hydrogen) atoms. The zero-order chi connectivity index (χ0) is 9.47. The van der Waals surface area contributed by atoms with Crippen LogP contribution in [0.25, 0.3) is 0 Å². The van der Waals surface area contributed by atoms with Crippen molar-refractivity contribution in [2.24, 2.45) is 17.6 Å². The van der Waals surface area contributed by atoms with Crippen LogP contribution in [-0.2, 0) is 4.74 Å². The van der Waals surface area contributed by atoms with Crippen molar-refractivity contribution in [2.75, 3.05) is 33.3 Å². The first kappa shape index (κ1) is 9.44. The maximum Gasteiger partial charge on any atom is 0.0970 e. The summed E-state index contributed by atoms with van der Waals surface area (Å²) in [7, 11) is 2.16. The quantitative estimate of drug-likeness (QED) is 0.637. The van der Waals surface area contributed by atoms with E-state index in [1.165, 1.54) is 6.42 Å². The minimum absolute atomic E-state index is 0.0126. The number of ether oxygens (including phenoxy) is 1. The fourth-order valence-electron chi connectivity index (χ4n) is 2.80. The zero-order valence-corrected chi connectivity index (χ0v) is 8.62. The number of fused-ring (bicyclic) bond motifs is 1. The second-order valence-corrected chi connectivity index (χ2v) is 4.81. The van der Waals surface area contributed by atoms with Crippen LogP contribution in [0, 0.1) is 11.8 Å². The Morgan fingerprint density at radius 2 is 2.38 bits per heavy atom. The topological polar surface area (TPSA) is 38.5 Å². The van der Waals surface area contributed by atoms with Crippen LogP contribution in [0.1, 0.15) is 13.3 Å². The van der Waals surface area contributed by atoms with Crippen molar-refractivity contribution >= 4 is 0 Å². The Labute approximate surface area is 80.2 Å². The molecule has 76 valence electrons. The van der Waals surface area contributed by atoms with Crippen LogP contribution >= 0.6 is 0 Å². The number of nitrogens with two attached hydrogens (primary N) is 1. The lowest BCUT2D eigenvalue weighted by Crippen LogP contribution is -2.52. The summed E-state index contributed by atoms with van der Waals surface area (Å²) < 4.78 is 5.95. The van der Waals surface area contributed by atoms with Gasteiger partial charge in [-0.25, -0.2) is 0 Å². The Balaban J connectivity index is 2.13. The molecule has 3 nitrogen and oxygen atoms in total. The minimum atomic E-state index is -0.0126. The zero-order valence-electron chi connectivity index (χ0n) is 8.62. The highest BCUT2D eigenvalue weighted by Crippen LogP contribution is 2.38. The summed E-state index contributed by atoms with van der Waals surface area (Å²) >= 11 is 0. The molecule has 2 aliphatic heterocycles. The average molecular weight is 184 g/mol. The highest BCUT2D eigenvalue weighted by atomic mass is 16.5. The summed E-state index contributed by atoms with van der Waals surface area (Å²) in [6.45, 7) is 6.00. The minimum Gasteiger partial charge on any atom is -0.372 e. The maximum absolute atomic E-state index is 5.95. The van der Waals surface area contributed by atoms with E-state index in [9.17, 15) is 0 Å². The molecule has 2 fully saturated rings. The number of nitrogens with zero attached hydrogens (tertiary/aromatic N) is 1. The summed E-state index contributed by atoms with van der Waals surface area (Å²) in [6, 6.07) is 0. The van der Waals surface area contributed by atoms with Gasteiger partial charge in [0.1, 0.15) is 0 Å². The molecule has 0 bridgehead atoms. The van der Waals surface area contributed by atoms with Crippen LogP contribution in [0.2, 0.25) is 0 Å². The average Bonchev–Trinajstić information content (AvgIpc) is 2.41. The van der Waals surface area contributed by atoms with E-state index in [1.807, 2.05) is 0 Å². The van der Waals surface area contributed by atoms with Gasteiger partial charge in [0.15, 0.2) is 0 Å². The van der Waals surface area contributed by atoms with Gasteiger partial charge in [-0.15, -0.1) is 0 Å². The molecule has 0 radical (unpaired) electrons. The van der Waals surface area contributed by atoms with E-state index in [0.29, 0.717) is 18.4 Å². The number of rotatable bonds is 1. The summed E-state index contributed by atoms with van der Waals surface area (Å²) in [4.78, 5) is 2.34. The maximum atomic E-state index is 5.95. The van der Waals surface area contributed by atoms with Gasteiger partial charge in [-0.2, -0.15) is 0 Å². The van der Waals surface area contributed by atoms with Crippen molar-refractivity contribution in [3.63, 3.8) is 0 Å². The van der Waals surface area contributed by atoms with Crippen molar-refractivity contribution in [3.8, 4) is 0 Å². The number of hydrogen-bond acceptors (Lipinski definition) is 3. The predicted octanol–water partition coefficient (Wildman–Crippen LogP) is 0.302. The Bertz CT molecular complexity index is 197. The van der Waals surface area contributed by atoms with Gasteiger partial charge < -0.3 is 15.4 Å². The smallest absolute Gasteiger partial charge is 0.0970 e. The van der Waals surface area contributed by atoms with E-state index < -0.39 is 0 Å². The lowest BCUT2D eigenvalue weighted by Gasteiger charge is -2.40. The summed E-state index contributed by atoms with van der Waals surface area (Å²) in [5, 5.41) is 0. The van der Waals surface area contributed by atoms with Crippen molar-refractivity contribution in [3.05, 3.63) is 0 Å². The molecular formula is C10H20N2O. The Kier molecular flexibility index (Phi) is 2.34. The number of likely N-dealkylation sites (N-methyl/N-ethyl adjacent to an activating group) is 1. The van der Waals surface area contributed by atoms with Gasteiger partial charge in [0.2, 0.25) is 0 Å². The molecular weight excluding hydrogens is 164 g/mol. The van der Waals surface area contributed by atoms with Crippen LogP contribution < -0.4 is 5.73 Å². The number of likely N-dealkylation sites (tertiary alicyclic amines) is 1. The second kappa shape index (κ2) is 3.23. The van der Waals surface area contributed by atoms with Crippen LogP contribution in [0.15, 0.2) is 0 Å². The normalized spacial score (nSPS) is 46.4. The van der Waals surface area contributed by atoms with E-state index in [2.05, 4.69) is 18.9 Å². The lowest BCUT2D eigenvalue weighted by molar-refractivity contribution is -0.107. The van der Waals surface area contributed by atoms with Gasteiger partial charge in [0.25, 0.3) is 0 Å². The fourth-order valence-corrected chi connectivity index (χ4v) is 2.80. The molecule has 2 N–H and O–H groups in total. The van der Waals surface area contributed by atoms with E-state index in [4.69, 9.17) is 10.5 Å². The molecule has 3 unspecified atom stereocenters. The third-order valence-electron chi connectivity index (χ3n) is 3.50. The molecule has 0 amide bonds. The molecule has 2 rings (SSSR count). The summed E-state index contributed by atoms with van der Waals surface area (Å²) in [5.41, 5.74) is 5.82. The molecule has 0 aromatic carbocycles. The van der Waals surface area contributed by atoms with Crippen molar-refractivity contribution in [2.45, 2.75) is 18.9 Å². The molecule has 3 atom stereocenters. The Morgan fingerprint density at radius 3 is 3.08 bits per heavy atom. The third kappa shape index (κ3) is 1.49. The molecule has 2 heterocycles. The molecule has 0 aromatic rings. The highest BCUT2D eigenvalue weighted by molar-refractivity contribution is 5.01. The van der Waals surface area contributed by atoms with E-state index in [-0.39, 0.29) is 5.60 Å². The van der Waals surface area contributed by atoms with Gasteiger partial charge in [-0.3, -0.25) is 0 Å². The van der Waals surface area contributed by atoms with E-state index >= 15 is 0 Å². The SMILES string of the molecule is CC1COC2(CN)CN(C)CC2C1. The molecule has 3 heteroatoms. The molecule has 0 spiro atoms. The van der Waals surface area contributed by atoms with Crippen molar-refractivity contribution < 1.29 is 4.74 Å². The fraction of sp³-hybridized carbons (Fsp3) is 1.00. The molecule has 0 aliphatic carbocycles. The van der Waals surface area contributed by atoms with Crippen molar-refractivity contribution in [1.29, 1.82) is 0 Å². The molecule has 0 saturated carbocycles. The van der Waals surface area contributed by atoms with Gasteiger partial charge in [0, 0.05) is 25.6 Å². The summed E-state index contributed by atoms with van der Waals surface area (Å²) in [6.07, 6.45) is 1.28. The van der Waals surface area contributed by atoms with Gasteiger partial charge in [-0.05, 0) is 19.4 Å². The largest absolute Gasteiger partial charge is 0.372 e. The Morgan fingerprint density at radius 1 is 1.62 bits per heavy atom. The first-order valence-corrected chi connectivity index (χ1v) is 5.19. The van der Waals surface area contributed by atoms with Gasteiger partial charge in [0.05, 0.1) is 12.2 Å². The summed E-state index contributed by atoms with van der Waals surface area (Å²) in [5.74, 6) is 1.36. The lowest BCUT2D eigenvalue weighted by atomic mass is 9.81. The second-order valence-electron chi connectivity index (χ2n) is 4.81. The van der Waals surface area contributed by atoms with Crippen molar-refractivity contribution in [1.82, 2.24) is 4.90 Å². The first-order chi connectivity index (χ1) is 6.16. The molecule has 2 aliphatic rings. The van der Waals surface area contributed by atoms with Crippen LogP contribution in [0.3, 0.4) is 0 Å². The third-order valence-corrected chi connectivity index (χ3v) is 3.50. The Hall–Kier alpha value is -0.120. The van der Waals surface area contributed by atoms with E-state index in [1.54, 1.807) is 0 Å². The number of hydrogen-bond donors (Lipinski definition) is 1. The van der Waals surface area contributed by atoms with Crippen LogP contribution in [0.4, 0.5) is 0 Å². The monoisotopic (exact) mass is 184 g/mol. The van der Waals surface area contributed by atoms with Gasteiger partial charge >= 0.3 is 0 Å². The molecule has 0 aromatic heterocycles. The van der Waals surface area contributed by atoms with Gasteiger partial charge in [-0.1, -0.05) is 6.92 Å². The molecule has 2 saturated heterocycles. The van der Waals surface area contributed by atoms with E-state index in [0.717, 1.165) is 19.7 Å².